The lowest BCUT2D eigenvalue weighted by atomic mass is 10.1. The summed E-state index contributed by atoms with van der Waals surface area (Å²) < 4.78 is 10.3. The highest BCUT2D eigenvalue weighted by Gasteiger charge is 2.32. The Hall–Kier alpha value is -3.17. The fourth-order valence-electron chi connectivity index (χ4n) is 3.65. The van der Waals surface area contributed by atoms with E-state index >= 15 is 0 Å². The summed E-state index contributed by atoms with van der Waals surface area (Å²) in [4.78, 5) is 44.0. The lowest BCUT2D eigenvalue weighted by Gasteiger charge is -2.29. The topological polar surface area (TPSA) is 101 Å². The van der Waals surface area contributed by atoms with Gasteiger partial charge in [0.05, 0.1) is 17.7 Å². The molecule has 31 heavy (non-hydrogen) atoms. The number of carbonyl (C=O) groups is 3. The number of aryl methyl sites for hydroxylation is 1. The maximum Gasteiger partial charge on any atom is 0.414 e. The normalized spacial score (nSPS) is 19.0. The van der Waals surface area contributed by atoms with Crippen LogP contribution in [-0.2, 0) is 14.3 Å². The minimum atomic E-state index is -0.688. The number of carbonyl (C=O) groups excluding carboxylic acids is 3. The zero-order valence-electron chi connectivity index (χ0n) is 16.8. The van der Waals surface area contributed by atoms with Crippen molar-refractivity contribution < 1.29 is 23.9 Å². The van der Waals surface area contributed by atoms with Crippen LogP contribution in [0.3, 0.4) is 0 Å². The Kier molecular flexibility index (Phi) is 6.06. The van der Waals surface area contributed by atoms with Gasteiger partial charge in [-0.15, -0.1) is 0 Å². The van der Waals surface area contributed by atoms with E-state index in [2.05, 4.69) is 10.3 Å². The number of aromatic nitrogens is 1. The molecule has 1 aromatic carbocycles. The van der Waals surface area contributed by atoms with Crippen LogP contribution in [0.15, 0.2) is 36.5 Å². The van der Waals surface area contributed by atoms with E-state index in [1.807, 2.05) is 19.1 Å². The molecule has 2 aliphatic rings. The molecule has 0 spiro atoms. The number of hydrogen-bond acceptors (Lipinski definition) is 6. The molecule has 0 aliphatic carbocycles. The predicted octanol–water partition coefficient (Wildman–Crippen LogP) is 2.30. The van der Waals surface area contributed by atoms with Crippen molar-refractivity contribution in [3.63, 3.8) is 0 Å². The van der Waals surface area contributed by atoms with E-state index in [-0.39, 0.29) is 30.7 Å². The van der Waals surface area contributed by atoms with Crippen molar-refractivity contribution in [1.82, 2.24) is 10.3 Å². The summed E-state index contributed by atoms with van der Waals surface area (Å²) in [7, 11) is 0. The molecule has 0 saturated carbocycles. The highest BCUT2D eigenvalue weighted by Crippen LogP contribution is 2.29. The molecule has 2 aliphatic heterocycles. The van der Waals surface area contributed by atoms with Gasteiger partial charge in [0.25, 0.3) is 5.91 Å². The van der Waals surface area contributed by atoms with Gasteiger partial charge < -0.3 is 24.6 Å². The van der Waals surface area contributed by atoms with E-state index < -0.39 is 12.1 Å². The second-order valence-corrected chi connectivity index (χ2v) is 7.76. The first-order chi connectivity index (χ1) is 14.9. The summed E-state index contributed by atoms with van der Waals surface area (Å²) in [5.74, 6) is -0.0752. The lowest BCUT2D eigenvalue weighted by Crippen LogP contribution is -2.42. The third kappa shape index (κ3) is 4.78. The zero-order chi connectivity index (χ0) is 22.0. The fourth-order valence-corrected chi connectivity index (χ4v) is 3.76. The minimum Gasteiger partial charge on any atom is -0.391 e. The molecule has 10 heteroatoms. The summed E-state index contributed by atoms with van der Waals surface area (Å²) in [5, 5.41) is 3.13. The highest BCUT2D eigenvalue weighted by atomic mass is 35.5. The van der Waals surface area contributed by atoms with Crippen LogP contribution in [0, 0.1) is 6.92 Å². The van der Waals surface area contributed by atoms with Crippen LogP contribution in [-0.4, -0.2) is 55.2 Å². The number of anilines is 2. The number of pyridine rings is 1. The Morgan fingerprint density at radius 1 is 1.23 bits per heavy atom. The molecular formula is C21H21ClN4O5. The molecule has 0 radical (unpaired) electrons. The molecule has 3 heterocycles. The summed E-state index contributed by atoms with van der Waals surface area (Å²) in [6.07, 6.45) is 0.847. The Labute approximate surface area is 183 Å². The number of nitrogens with one attached hydrogen (secondary N) is 1. The van der Waals surface area contributed by atoms with E-state index in [4.69, 9.17) is 21.1 Å². The van der Waals surface area contributed by atoms with Crippen LogP contribution in [0.1, 0.15) is 12.0 Å². The number of benzene rings is 1. The molecule has 162 valence electrons. The quantitative estimate of drug-likeness (QED) is 0.776. The van der Waals surface area contributed by atoms with E-state index in [0.29, 0.717) is 30.4 Å². The van der Waals surface area contributed by atoms with E-state index in [9.17, 15) is 14.4 Å². The Morgan fingerprint density at radius 3 is 2.77 bits per heavy atom. The lowest BCUT2D eigenvalue weighted by molar-refractivity contribution is -0.125. The molecule has 1 atom stereocenters. The summed E-state index contributed by atoms with van der Waals surface area (Å²) in [6.45, 7) is 3.27. The Balaban J connectivity index is 1.39. The molecule has 2 aromatic rings. The average Bonchev–Trinajstić information content (AvgIpc) is 3.10. The van der Waals surface area contributed by atoms with Crippen LogP contribution in [0.2, 0.25) is 5.02 Å². The summed E-state index contributed by atoms with van der Waals surface area (Å²) >= 11 is 5.76. The molecule has 0 bridgehead atoms. The Morgan fingerprint density at radius 2 is 2.06 bits per heavy atom. The molecule has 9 nitrogen and oxygen atoms in total. The van der Waals surface area contributed by atoms with Crippen molar-refractivity contribution in [3.05, 3.63) is 47.1 Å². The Bertz CT molecular complexity index is 1010. The van der Waals surface area contributed by atoms with Gasteiger partial charge in [-0.05, 0) is 36.8 Å². The van der Waals surface area contributed by atoms with E-state index in [0.717, 1.165) is 11.3 Å². The molecule has 1 aromatic heterocycles. The number of ether oxygens (including phenoxy) is 2. The molecule has 4 rings (SSSR count). The maximum absolute atomic E-state index is 12.5. The van der Waals surface area contributed by atoms with Crippen molar-refractivity contribution in [1.29, 1.82) is 0 Å². The van der Waals surface area contributed by atoms with Crippen molar-refractivity contribution >= 4 is 40.9 Å². The van der Waals surface area contributed by atoms with Gasteiger partial charge in [0.1, 0.15) is 6.61 Å². The minimum absolute atomic E-state index is 0.0702. The number of amides is 3. The van der Waals surface area contributed by atoms with Gasteiger partial charge in [0.15, 0.2) is 0 Å². The molecule has 1 N–H and O–H groups in total. The van der Waals surface area contributed by atoms with Gasteiger partial charge >= 0.3 is 6.09 Å². The van der Waals surface area contributed by atoms with Gasteiger partial charge in [-0.1, -0.05) is 11.6 Å². The van der Waals surface area contributed by atoms with Crippen molar-refractivity contribution in [2.45, 2.75) is 19.4 Å². The van der Waals surface area contributed by atoms with Crippen LogP contribution in [0.25, 0.3) is 0 Å². The largest absolute Gasteiger partial charge is 0.414 e. The van der Waals surface area contributed by atoms with Crippen molar-refractivity contribution in [3.8, 4) is 5.88 Å². The number of rotatable bonds is 4. The first kappa shape index (κ1) is 21.1. The zero-order valence-corrected chi connectivity index (χ0v) is 17.6. The van der Waals surface area contributed by atoms with Crippen LogP contribution in [0.5, 0.6) is 5.88 Å². The third-order valence-electron chi connectivity index (χ3n) is 5.11. The highest BCUT2D eigenvalue weighted by molar-refractivity contribution is 6.30. The predicted molar refractivity (Wildman–Crippen MR) is 114 cm³/mol. The number of halogens is 1. The fraction of sp³-hybridized carbons (Fsp3) is 0.333. The molecule has 3 amide bonds. The monoisotopic (exact) mass is 444 g/mol. The summed E-state index contributed by atoms with van der Waals surface area (Å²) in [6, 6.07) is 8.16. The first-order valence-electron chi connectivity index (χ1n) is 9.80. The van der Waals surface area contributed by atoms with Gasteiger partial charge in [-0.2, -0.15) is 0 Å². The number of hydrogen-bond donors (Lipinski definition) is 1. The second-order valence-electron chi connectivity index (χ2n) is 7.32. The van der Waals surface area contributed by atoms with Crippen molar-refractivity contribution in [2.75, 3.05) is 36.1 Å². The second kappa shape index (κ2) is 8.91. The van der Waals surface area contributed by atoms with E-state index in [1.165, 1.54) is 12.3 Å². The number of morpholine rings is 1. The van der Waals surface area contributed by atoms with Crippen LogP contribution >= 0.6 is 11.6 Å². The van der Waals surface area contributed by atoms with Gasteiger partial charge in [0.2, 0.25) is 11.8 Å². The van der Waals surface area contributed by atoms with Gasteiger partial charge in [-0.3, -0.25) is 9.59 Å². The van der Waals surface area contributed by atoms with E-state index in [1.54, 1.807) is 21.9 Å². The average molecular weight is 445 g/mol. The van der Waals surface area contributed by atoms with Crippen LogP contribution < -0.4 is 19.9 Å². The third-order valence-corrected chi connectivity index (χ3v) is 5.34. The maximum atomic E-state index is 12.5. The van der Waals surface area contributed by atoms with Crippen molar-refractivity contribution in [2.24, 2.45) is 0 Å². The first-order valence-corrected chi connectivity index (χ1v) is 10.2. The molecule has 2 saturated heterocycles. The molecule has 1 unspecified atom stereocenters. The SMILES string of the molecule is Cc1cc(N2CC(NC(=O)Oc3ccc(Cl)cn3)CC2=O)ccc1N1CCOCC1=O. The van der Waals surface area contributed by atoms with Gasteiger partial charge in [-0.25, -0.2) is 9.78 Å². The van der Waals surface area contributed by atoms with Gasteiger partial charge in [0, 0.05) is 43.1 Å². The molecule has 2 fully saturated rings. The number of nitrogens with zero attached hydrogens (tertiary/aromatic N) is 3. The van der Waals surface area contributed by atoms with Crippen LogP contribution in [0.4, 0.5) is 16.2 Å². The smallest absolute Gasteiger partial charge is 0.391 e. The standard InChI is InChI=1S/C21H21ClN4O5/c1-13-8-16(3-4-17(13)25-6-7-30-12-20(25)28)26-11-15(9-19(26)27)24-21(29)31-18-5-2-14(22)10-23-18/h2-5,8,10,15H,6-7,9,11-12H2,1H3,(H,24,29). The molecular weight excluding hydrogens is 424 g/mol. The summed E-state index contributed by atoms with van der Waals surface area (Å²) in [5.41, 5.74) is 2.39.